The first-order chi connectivity index (χ1) is 17.0. The maximum absolute atomic E-state index is 13.3. The van der Waals surface area contributed by atoms with Crippen molar-refractivity contribution in [2.45, 2.75) is 19.4 Å². The Morgan fingerprint density at radius 2 is 1.89 bits per heavy atom. The summed E-state index contributed by atoms with van der Waals surface area (Å²) in [6, 6.07) is 13.6. The SMILES string of the molecule is COc1cc2c(cc1OC)[C@H](COc1ccc3c(C)cc(=O)oc3c1)N(C(=O)c1ccco1)CC2. The molecule has 4 aromatic rings. The quantitative estimate of drug-likeness (QED) is 0.378. The number of carbonyl (C=O) groups is 1. The van der Waals surface area contributed by atoms with Crippen LogP contribution >= 0.6 is 0 Å². The minimum Gasteiger partial charge on any atom is -0.493 e. The number of hydrogen-bond acceptors (Lipinski definition) is 7. The summed E-state index contributed by atoms with van der Waals surface area (Å²) in [6.07, 6.45) is 2.13. The molecule has 0 saturated heterocycles. The molecule has 0 saturated carbocycles. The normalized spacial score (nSPS) is 15.1. The van der Waals surface area contributed by atoms with Crippen LogP contribution < -0.4 is 19.8 Å². The minimum absolute atomic E-state index is 0.177. The lowest BCUT2D eigenvalue weighted by atomic mass is 9.92. The Morgan fingerprint density at radius 1 is 1.09 bits per heavy atom. The first-order valence-electron chi connectivity index (χ1n) is 11.2. The number of ether oxygens (including phenoxy) is 3. The van der Waals surface area contributed by atoms with Gasteiger partial charge in [0, 0.05) is 24.1 Å². The largest absolute Gasteiger partial charge is 0.493 e. The first-order valence-corrected chi connectivity index (χ1v) is 11.2. The zero-order chi connectivity index (χ0) is 24.5. The van der Waals surface area contributed by atoms with E-state index in [1.54, 1.807) is 37.3 Å². The maximum atomic E-state index is 13.3. The molecule has 8 nitrogen and oxygen atoms in total. The van der Waals surface area contributed by atoms with E-state index in [9.17, 15) is 9.59 Å². The fourth-order valence-electron chi connectivity index (χ4n) is 4.56. The van der Waals surface area contributed by atoms with Gasteiger partial charge in [0.2, 0.25) is 0 Å². The number of aryl methyl sites for hydroxylation is 1. The van der Waals surface area contributed by atoms with E-state index in [0.29, 0.717) is 35.8 Å². The lowest BCUT2D eigenvalue weighted by Crippen LogP contribution is -2.42. The van der Waals surface area contributed by atoms with Crippen LogP contribution in [-0.2, 0) is 6.42 Å². The minimum atomic E-state index is -0.412. The molecule has 0 unspecified atom stereocenters. The fraction of sp³-hybridized carbons (Fsp3) is 0.259. The highest BCUT2D eigenvalue weighted by Crippen LogP contribution is 2.39. The van der Waals surface area contributed by atoms with Gasteiger partial charge in [-0.05, 0) is 66.4 Å². The van der Waals surface area contributed by atoms with Gasteiger partial charge in [0.1, 0.15) is 17.9 Å². The Labute approximate surface area is 201 Å². The summed E-state index contributed by atoms with van der Waals surface area (Å²) in [4.78, 5) is 26.9. The molecule has 0 fully saturated rings. The van der Waals surface area contributed by atoms with Crippen LogP contribution in [0, 0.1) is 6.92 Å². The van der Waals surface area contributed by atoms with Crippen LogP contribution in [0.5, 0.6) is 17.2 Å². The van der Waals surface area contributed by atoms with Crippen LogP contribution in [0.3, 0.4) is 0 Å². The Balaban J connectivity index is 1.51. The second-order valence-electron chi connectivity index (χ2n) is 8.37. The highest BCUT2D eigenvalue weighted by atomic mass is 16.5. The third-order valence-corrected chi connectivity index (χ3v) is 6.33. The standard InChI is InChI=1S/C27H25NO7/c1-16-11-26(29)35-23-13-18(6-7-19(16)23)34-15-21-20-14-25(32-3)24(31-2)12-17(20)8-9-28(21)27(30)22-5-4-10-33-22/h4-7,10-14,21H,8-9,15H2,1-3H3/t21-/m0/s1. The first kappa shape index (κ1) is 22.6. The Kier molecular flexibility index (Phi) is 5.94. The molecule has 1 amide bonds. The van der Waals surface area contributed by atoms with E-state index in [-0.39, 0.29) is 18.3 Å². The molecule has 0 bridgehead atoms. The van der Waals surface area contributed by atoms with E-state index in [2.05, 4.69) is 0 Å². The molecule has 5 rings (SSSR count). The summed E-state index contributed by atoms with van der Waals surface area (Å²) in [5.74, 6) is 1.79. The topological polar surface area (TPSA) is 91.4 Å². The monoisotopic (exact) mass is 475 g/mol. The molecule has 3 heterocycles. The van der Waals surface area contributed by atoms with Crippen molar-refractivity contribution in [1.82, 2.24) is 4.90 Å². The summed E-state index contributed by atoms with van der Waals surface area (Å²) in [5.41, 5.74) is 2.84. The third-order valence-electron chi connectivity index (χ3n) is 6.33. The summed E-state index contributed by atoms with van der Waals surface area (Å²) < 4.78 is 27.9. The van der Waals surface area contributed by atoms with E-state index >= 15 is 0 Å². The molecule has 1 aliphatic rings. The van der Waals surface area contributed by atoms with Gasteiger partial charge in [0.25, 0.3) is 5.91 Å². The van der Waals surface area contributed by atoms with Gasteiger partial charge in [0.05, 0.1) is 26.5 Å². The molecule has 0 spiro atoms. The Morgan fingerprint density at radius 3 is 2.63 bits per heavy atom. The third kappa shape index (κ3) is 4.23. The number of furan rings is 1. The number of rotatable bonds is 6. The molecule has 0 aliphatic carbocycles. The number of fused-ring (bicyclic) bond motifs is 2. The molecule has 0 N–H and O–H groups in total. The van der Waals surface area contributed by atoms with E-state index < -0.39 is 11.7 Å². The van der Waals surface area contributed by atoms with Crippen molar-refractivity contribution in [3.8, 4) is 17.2 Å². The second-order valence-corrected chi connectivity index (χ2v) is 8.37. The molecule has 0 radical (unpaired) electrons. The molecule has 35 heavy (non-hydrogen) atoms. The van der Waals surface area contributed by atoms with Crippen LogP contribution in [0.15, 0.2) is 68.4 Å². The summed E-state index contributed by atoms with van der Waals surface area (Å²) in [5, 5.41) is 0.839. The number of amides is 1. The smallest absolute Gasteiger partial charge is 0.336 e. The molecule has 2 aromatic heterocycles. The van der Waals surface area contributed by atoms with Crippen LogP contribution in [0.2, 0.25) is 0 Å². The molecule has 1 atom stereocenters. The summed E-state index contributed by atoms with van der Waals surface area (Å²) >= 11 is 0. The predicted molar refractivity (Wildman–Crippen MR) is 128 cm³/mol. The average Bonchev–Trinajstić information content (AvgIpc) is 3.40. The van der Waals surface area contributed by atoms with Crippen LogP contribution in [0.1, 0.15) is 33.3 Å². The molecule has 1 aliphatic heterocycles. The second kappa shape index (κ2) is 9.21. The number of benzene rings is 2. The maximum Gasteiger partial charge on any atom is 0.336 e. The molecular weight excluding hydrogens is 450 g/mol. The van der Waals surface area contributed by atoms with Crippen molar-refractivity contribution in [3.63, 3.8) is 0 Å². The van der Waals surface area contributed by atoms with Crippen molar-refractivity contribution in [2.24, 2.45) is 0 Å². The summed E-state index contributed by atoms with van der Waals surface area (Å²) in [7, 11) is 3.18. The van der Waals surface area contributed by atoms with Crippen molar-refractivity contribution in [1.29, 1.82) is 0 Å². The molecular formula is C27H25NO7. The van der Waals surface area contributed by atoms with Gasteiger partial charge in [-0.3, -0.25) is 4.79 Å². The predicted octanol–water partition coefficient (Wildman–Crippen LogP) is 4.53. The Hall–Kier alpha value is -4.20. The van der Waals surface area contributed by atoms with Crippen molar-refractivity contribution in [2.75, 3.05) is 27.4 Å². The number of hydrogen-bond donors (Lipinski definition) is 0. The Bertz CT molecular complexity index is 1440. The molecule has 8 heteroatoms. The van der Waals surface area contributed by atoms with E-state index in [1.807, 2.05) is 31.2 Å². The van der Waals surface area contributed by atoms with Gasteiger partial charge in [-0.2, -0.15) is 0 Å². The van der Waals surface area contributed by atoms with E-state index in [0.717, 1.165) is 22.1 Å². The number of carbonyl (C=O) groups excluding carboxylic acids is 1. The zero-order valence-electron chi connectivity index (χ0n) is 19.7. The summed E-state index contributed by atoms with van der Waals surface area (Å²) in [6.45, 7) is 2.52. The molecule has 2 aromatic carbocycles. The lowest BCUT2D eigenvalue weighted by molar-refractivity contribution is 0.0557. The van der Waals surface area contributed by atoms with E-state index in [4.69, 9.17) is 23.0 Å². The van der Waals surface area contributed by atoms with Gasteiger partial charge in [0.15, 0.2) is 17.3 Å². The highest BCUT2D eigenvalue weighted by molar-refractivity contribution is 5.92. The number of nitrogens with zero attached hydrogens (tertiary/aromatic N) is 1. The zero-order valence-corrected chi connectivity index (χ0v) is 19.7. The fourth-order valence-corrected chi connectivity index (χ4v) is 4.56. The van der Waals surface area contributed by atoms with Crippen LogP contribution in [-0.4, -0.2) is 38.2 Å². The van der Waals surface area contributed by atoms with Gasteiger partial charge in [-0.25, -0.2) is 4.79 Å². The van der Waals surface area contributed by atoms with E-state index in [1.165, 1.54) is 12.3 Å². The van der Waals surface area contributed by atoms with Crippen LogP contribution in [0.25, 0.3) is 11.0 Å². The average molecular weight is 475 g/mol. The van der Waals surface area contributed by atoms with Gasteiger partial charge < -0.3 is 27.9 Å². The van der Waals surface area contributed by atoms with Gasteiger partial charge in [-0.15, -0.1) is 0 Å². The highest BCUT2D eigenvalue weighted by Gasteiger charge is 2.34. The van der Waals surface area contributed by atoms with Gasteiger partial charge >= 0.3 is 5.63 Å². The van der Waals surface area contributed by atoms with Gasteiger partial charge in [-0.1, -0.05) is 0 Å². The molecule has 180 valence electrons. The van der Waals surface area contributed by atoms with Crippen LogP contribution in [0.4, 0.5) is 0 Å². The van der Waals surface area contributed by atoms with Crippen molar-refractivity contribution in [3.05, 3.63) is 87.7 Å². The number of methoxy groups -OCH3 is 2. The lowest BCUT2D eigenvalue weighted by Gasteiger charge is -2.37. The van der Waals surface area contributed by atoms with Crippen molar-refractivity contribution >= 4 is 16.9 Å². The van der Waals surface area contributed by atoms with Crippen molar-refractivity contribution < 1.29 is 27.8 Å².